The Morgan fingerprint density at radius 3 is 2.44 bits per heavy atom. The Labute approximate surface area is 97.3 Å². The first-order valence-electron chi connectivity index (χ1n) is 6.08. The fourth-order valence-electron chi connectivity index (χ4n) is 2.45. The number of nitriles is 1. The molecule has 0 bridgehead atoms. The van der Waals surface area contributed by atoms with Gasteiger partial charge in [-0.1, -0.05) is 12.8 Å². The van der Waals surface area contributed by atoms with E-state index in [2.05, 4.69) is 21.6 Å². The van der Waals surface area contributed by atoms with Crippen molar-refractivity contribution in [2.45, 2.75) is 31.7 Å². The van der Waals surface area contributed by atoms with E-state index in [9.17, 15) is 5.26 Å². The molecule has 1 saturated heterocycles. The number of hydrogen-bond acceptors (Lipinski definition) is 2. The van der Waals surface area contributed by atoms with Crippen LogP contribution in [0.1, 0.15) is 37.4 Å². The third-order valence-corrected chi connectivity index (χ3v) is 3.39. The third kappa shape index (κ3) is 2.28. The van der Waals surface area contributed by atoms with E-state index in [1.165, 1.54) is 25.7 Å². The number of aromatic nitrogens is 1. The van der Waals surface area contributed by atoms with E-state index < -0.39 is 0 Å². The molecule has 3 heteroatoms. The van der Waals surface area contributed by atoms with Crippen LogP contribution in [0, 0.1) is 11.3 Å². The zero-order valence-electron chi connectivity index (χ0n) is 9.89. The van der Waals surface area contributed by atoms with E-state index in [0.29, 0.717) is 0 Å². The average molecular weight is 217 g/mol. The average Bonchev–Trinajstić information content (AvgIpc) is 2.57. The molecule has 0 N–H and O–H groups in total. The molecule has 0 aromatic carbocycles. The van der Waals surface area contributed by atoms with E-state index in [0.717, 1.165) is 18.8 Å². The summed E-state index contributed by atoms with van der Waals surface area (Å²) in [5.41, 5.74) is 1.12. The molecule has 1 unspecified atom stereocenters. The summed E-state index contributed by atoms with van der Waals surface area (Å²) in [7, 11) is 2.01. The van der Waals surface area contributed by atoms with Crippen molar-refractivity contribution in [1.82, 2.24) is 9.47 Å². The van der Waals surface area contributed by atoms with Crippen LogP contribution >= 0.6 is 0 Å². The minimum Gasteiger partial charge on any atom is -0.352 e. The van der Waals surface area contributed by atoms with Crippen molar-refractivity contribution >= 4 is 0 Å². The van der Waals surface area contributed by atoms with Gasteiger partial charge in [-0.15, -0.1) is 0 Å². The minimum absolute atomic E-state index is 0.0712. The van der Waals surface area contributed by atoms with Crippen LogP contribution in [0.25, 0.3) is 0 Å². The molecule has 0 aliphatic carbocycles. The molecule has 1 fully saturated rings. The Hall–Kier alpha value is -1.27. The highest BCUT2D eigenvalue weighted by molar-refractivity contribution is 5.18. The molecule has 0 spiro atoms. The lowest BCUT2D eigenvalue weighted by Crippen LogP contribution is -2.30. The summed E-state index contributed by atoms with van der Waals surface area (Å²) in [6, 6.07) is 6.44. The number of aryl methyl sites for hydroxylation is 1. The minimum atomic E-state index is -0.0712. The van der Waals surface area contributed by atoms with E-state index in [1.54, 1.807) is 0 Å². The molecule has 2 rings (SSSR count). The molecule has 2 heterocycles. The summed E-state index contributed by atoms with van der Waals surface area (Å²) < 4.78 is 2.05. The lowest BCUT2D eigenvalue weighted by Gasteiger charge is -2.25. The molecular formula is C13H19N3. The second kappa shape index (κ2) is 5.18. The molecule has 1 aromatic rings. The van der Waals surface area contributed by atoms with Crippen molar-refractivity contribution in [2.24, 2.45) is 7.05 Å². The van der Waals surface area contributed by atoms with Crippen molar-refractivity contribution in [3.8, 4) is 6.07 Å². The fourth-order valence-corrected chi connectivity index (χ4v) is 2.45. The van der Waals surface area contributed by atoms with Gasteiger partial charge in [0.05, 0.1) is 6.07 Å². The highest BCUT2D eigenvalue weighted by atomic mass is 15.2. The first-order valence-corrected chi connectivity index (χ1v) is 6.08. The number of rotatable bonds is 2. The Morgan fingerprint density at radius 1 is 1.25 bits per heavy atom. The summed E-state index contributed by atoms with van der Waals surface area (Å²) in [6.45, 7) is 2.12. The fraction of sp³-hybridized carbons (Fsp3) is 0.615. The van der Waals surface area contributed by atoms with Gasteiger partial charge in [0.15, 0.2) is 0 Å². The summed E-state index contributed by atoms with van der Waals surface area (Å²) in [6.07, 6.45) is 7.08. The Kier molecular flexibility index (Phi) is 3.63. The lowest BCUT2D eigenvalue weighted by molar-refractivity contribution is 0.239. The van der Waals surface area contributed by atoms with Gasteiger partial charge in [0.2, 0.25) is 0 Å². The summed E-state index contributed by atoms with van der Waals surface area (Å²) in [5.74, 6) is 0. The maximum absolute atomic E-state index is 9.36. The van der Waals surface area contributed by atoms with Crippen LogP contribution in [0.15, 0.2) is 18.3 Å². The van der Waals surface area contributed by atoms with E-state index in [1.807, 2.05) is 19.3 Å². The first kappa shape index (κ1) is 11.2. The predicted molar refractivity (Wildman–Crippen MR) is 63.8 cm³/mol. The van der Waals surface area contributed by atoms with Gasteiger partial charge >= 0.3 is 0 Å². The van der Waals surface area contributed by atoms with Crippen LogP contribution in [-0.2, 0) is 7.05 Å². The SMILES string of the molecule is Cn1cccc1C(C#N)N1CCCCCC1. The molecule has 1 atom stereocenters. The lowest BCUT2D eigenvalue weighted by atomic mass is 10.2. The van der Waals surface area contributed by atoms with Crippen molar-refractivity contribution in [2.75, 3.05) is 13.1 Å². The quantitative estimate of drug-likeness (QED) is 0.762. The molecule has 1 aliphatic rings. The Bertz CT molecular complexity index is 367. The maximum atomic E-state index is 9.36. The first-order chi connectivity index (χ1) is 7.83. The van der Waals surface area contributed by atoms with Crippen molar-refractivity contribution in [1.29, 1.82) is 5.26 Å². The highest BCUT2D eigenvalue weighted by Crippen LogP contribution is 2.23. The van der Waals surface area contributed by atoms with Gasteiger partial charge in [-0.05, 0) is 38.1 Å². The standard InChI is InChI=1S/C13H19N3/c1-15-8-6-7-12(15)13(11-14)16-9-4-2-3-5-10-16/h6-8,13H,2-5,9-10H2,1H3. The molecule has 1 aromatic heterocycles. The van der Waals surface area contributed by atoms with Gasteiger partial charge in [0.1, 0.15) is 6.04 Å². The van der Waals surface area contributed by atoms with Crippen molar-refractivity contribution in [3.05, 3.63) is 24.0 Å². The molecule has 3 nitrogen and oxygen atoms in total. The molecule has 86 valence electrons. The second-order valence-electron chi connectivity index (χ2n) is 4.53. The van der Waals surface area contributed by atoms with Crippen LogP contribution in [0.2, 0.25) is 0 Å². The van der Waals surface area contributed by atoms with Crippen LogP contribution in [0.5, 0.6) is 0 Å². The van der Waals surface area contributed by atoms with Gasteiger partial charge < -0.3 is 4.57 Å². The largest absolute Gasteiger partial charge is 0.352 e. The smallest absolute Gasteiger partial charge is 0.138 e. The summed E-state index contributed by atoms with van der Waals surface area (Å²) in [5, 5.41) is 9.36. The molecule has 0 saturated carbocycles. The molecule has 0 amide bonds. The van der Waals surface area contributed by atoms with Gasteiger partial charge in [0.25, 0.3) is 0 Å². The van der Waals surface area contributed by atoms with Crippen LogP contribution in [-0.4, -0.2) is 22.6 Å². The zero-order valence-corrected chi connectivity index (χ0v) is 9.89. The second-order valence-corrected chi connectivity index (χ2v) is 4.53. The van der Waals surface area contributed by atoms with Gasteiger partial charge in [0, 0.05) is 18.9 Å². The topological polar surface area (TPSA) is 32.0 Å². The monoisotopic (exact) mass is 217 g/mol. The third-order valence-electron chi connectivity index (χ3n) is 3.39. The highest BCUT2D eigenvalue weighted by Gasteiger charge is 2.22. The summed E-state index contributed by atoms with van der Waals surface area (Å²) >= 11 is 0. The maximum Gasteiger partial charge on any atom is 0.138 e. The Morgan fingerprint density at radius 2 is 1.94 bits per heavy atom. The number of likely N-dealkylation sites (tertiary alicyclic amines) is 1. The molecule has 0 radical (unpaired) electrons. The van der Waals surface area contributed by atoms with Crippen molar-refractivity contribution in [3.63, 3.8) is 0 Å². The predicted octanol–water partition coefficient (Wildman–Crippen LogP) is 2.47. The number of hydrogen-bond donors (Lipinski definition) is 0. The van der Waals surface area contributed by atoms with Gasteiger partial charge in [-0.3, -0.25) is 4.90 Å². The van der Waals surface area contributed by atoms with Gasteiger partial charge in [-0.25, -0.2) is 0 Å². The van der Waals surface area contributed by atoms with E-state index in [4.69, 9.17) is 0 Å². The van der Waals surface area contributed by atoms with Crippen LogP contribution in [0.3, 0.4) is 0 Å². The van der Waals surface area contributed by atoms with Gasteiger partial charge in [-0.2, -0.15) is 5.26 Å². The zero-order chi connectivity index (χ0) is 11.4. The molecule has 16 heavy (non-hydrogen) atoms. The van der Waals surface area contributed by atoms with Crippen molar-refractivity contribution < 1.29 is 0 Å². The van der Waals surface area contributed by atoms with E-state index in [-0.39, 0.29) is 6.04 Å². The number of nitrogens with zero attached hydrogens (tertiary/aromatic N) is 3. The summed E-state index contributed by atoms with van der Waals surface area (Å²) in [4.78, 5) is 2.32. The van der Waals surface area contributed by atoms with Crippen LogP contribution < -0.4 is 0 Å². The molecular weight excluding hydrogens is 198 g/mol. The molecule has 1 aliphatic heterocycles. The van der Waals surface area contributed by atoms with Crippen LogP contribution in [0.4, 0.5) is 0 Å². The Balaban J connectivity index is 2.16. The van der Waals surface area contributed by atoms with E-state index >= 15 is 0 Å². The normalized spacial score (nSPS) is 20.0.